The van der Waals surface area contributed by atoms with Gasteiger partial charge in [-0.1, -0.05) is 0 Å². The fourth-order valence-corrected chi connectivity index (χ4v) is 1.31. The van der Waals surface area contributed by atoms with E-state index in [0.29, 0.717) is 11.4 Å². The zero-order chi connectivity index (χ0) is 14.4. The van der Waals surface area contributed by atoms with Crippen molar-refractivity contribution in [3.05, 3.63) is 24.0 Å². The van der Waals surface area contributed by atoms with Crippen LogP contribution >= 0.6 is 0 Å². The molecule has 1 aromatic heterocycles. The van der Waals surface area contributed by atoms with Gasteiger partial charge in [0.15, 0.2) is 0 Å². The van der Waals surface area contributed by atoms with Crippen LogP contribution in [0.1, 0.15) is 12.1 Å². The number of nitrogens with one attached hydrogen (secondary N) is 2. The number of aryl methyl sites for hydroxylation is 1. The maximum absolute atomic E-state index is 11.6. The molecular weight excluding hydrogens is 254 g/mol. The molecule has 8 heteroatoms. The second-order valence-corrected chi connectivity index (χ2v) is 3.72. The summed E-state index contributed by atoms with van der Waals surface area (Å²) in [4.78, 5) is 36.7. The lowest BCUT2D eigenvalue weighted by Gasteiger charge is -2.13. The third kappa shape index (κ3) is 4.62. The molecule has 8 nitrogen and oxygen atoms in total. The van der Waals surface area contributed by atoms with Crippen molar-refractivity contribution in [1.82, 2.24) is 10.3 Å². The number of aromatic nitrogens is 1. The van der Waals surface area contributed by atoms with Gasteiger partial charge in [0, 0.05) is 6.20 Å². The molecule has 0 aliphatic rings. The van der Waals surface area contributed by atoms with Crippen LogP contribution in [0.5, 0.6) is 0 Å². The van der Waals surface area contributed by atoms with Crippen LogP contribution in [0.2, 0.25) is 0 Å². The SMILES string of the molecule is Cc1ncccc1NC(=O)N[C@@H](CC(=O)O)C(=O)O. The number of carbonyl (C=O) groups is 3. The van der Waals surface area contributed by atoms with Gasteiger partial charge in [0.25, 0.3) is 0 Å². The van der Waals surface area contributed by atoms with E-state index in [9.17, 15) is 14.4 Å². The van der Waals surface area contributed by atoms with Crippen molar-refractivity contribution in [2.75, 3.05) is 5.32 Å². The molecule has 0 bridgehead atoms. The average molecular weight is 267 g/mol. The molecule has 1 aromatic rings. The fourth-order valence-electron chi connectivity index (χ4n) is 1.31. The molecule has 4 N–H and O–H groups in total. The second-order valence-electron chi connectivity index (χ2n) is 3.72. The van der Waals surface area contributed by atoms with Crippen molar-refractivity contribution < 1.29 is 24.6 Å². The summed E-state index contributed by atoms with van der Waals surface area (Å²) in [7, 11) is 0. The third-order valence-corrected chi connectivity index (χ3v) is 2.24. The van der Waals surface area contributed by atoms with Crippen molar-refractivity contribution in [1.29, 1.82) is 0 Å². The Morgan fingerprint density at radius 3 is 2.58 bits per heavy atom. The Balaban J connectivity index is 2.65. The fraction of sp³-hybridized carbons (Fsp3) is 0.273. The first kappa shape index (κ1) is 14.4. The summed E-state index contributed by atoms with van der Waals surface area (Å²) in [6.45, 7) is 1.67. The van der Waals surface area contributed by atoms with Gasteiger partial charge in [-0.2, -0.15) is 0 Å². The number of hydrogen-bond donors (Lipinski definition) is 4. The van der Waals surface area contributed by atoms with Gasteiger partial charge in [-0.3, -0.25) is 9.78 Å². The Kier molecular flexibility index (Phi) is 4.81. The van der Waals surface area contributed by atoms with Gasteiger partial charge in [0.2, 0.25) is 0 Å². The van der Waals surface area contributed by atoms with E-state index in [2.05, 4.69) is 15.6 Å². The molecule has 1 rings (SSSR count). The summed E-state index contributed by atoms with van der Waals surface area (Å²) >= 11 is 0. The highest BCUT2D eigenvalue weighted by atomic mass is 16.4. The minimum absolute atomic E-state index is 0.416. The monoisotopic (exact) mass is 267 g/mol. The van der Waals surface area contributed by atoms with E-state index in [0.717, 1.165) is 0 Å². The molecule has 0 saturated carbocycles. The van der Waals surface area contributed by atoms with Gasteiger partial charge in [0.1, 0.15) is 6.04 Å². The first-order valence-corrected chi connectivity index (χ1v) is 5.34. The zero-order valence-corrected chi connectivity index (χ0v) is 10.1. The number of amides is 2. The number of hydrogen-bond acceptors (Lipinski definition) is 4. The van der Waals surface area contributed by atoms with Crippen molar-refractivity contribution in [3.63, 3.8) is 0 Å². The Hall–Kier alpha value is -2.64. The topological polar surface area (TPSA) is 129 Å². The van der Waals surface area contributed by atoms with Crippen LogP contribution in [0.25, 0.3) is 0 Å². The number of aliphatic carboxylic acids is 2. The van der Waals surface area contributed by atoms with Crippen LogP contribution in [-0.4, -0.2) is 39.2 Å². The van der Waals surface area contributed by atoms with Crippen molar-refractivity contribution in [2.24, 2.45) is 0 Å². The van der Waals surface area contributed by atoms with Gasteiger partial charge in [-0.25, -0.2) is 9.59 Å². The number of carbonyl (C=O) groups excluding carboxylic acids is 1. The smallest absolute Gasteiger partial charge is 0.326 e. The highest BCUT2D eigenvalue weighted by molar-refractivity contribution is 5.93. The molecule has 0 spiro atoms. The van der Waals surface area contributed by atoms with E-state index in [1.165, 1.54) is 0 Å². The van der Waals surface area contributed by atoms with Gasteiger partial charge < -0.3 is 20.8 Å². The molecular formula is C11H13N3O5. The molecule has 1 heterocycles. The summed E-state index contributed by atoms with van der Waals surface area (Å²) in [5, 5.41) is 21.8. The first-order chi connectivity index (χ1) is 8.90. The molecule has 2 amide bonds. The van der Waals surface area contributed by atoms with E-state index in [1.807, 2.05) is 0 Å². The predicted molar refractivity (Wildman–Crippen MR) is 64.8 cm³/mol. The van der Waals surface area contributed by atoms with E-state index < -0.39 is 30.4 Å². The average Bonchev–Trinajstić information content (AvgIpc) is 2.30. The summed E-state index contributed by atoms with van der Waals surface area (Å²) in [6.07, 6.45) is 0.845. The molecule has 1 atom stereocenters. The Labute approximate surface area is 108 Å². The number of anilines is 1. The zero-order valence-electron chi connectivity index (χ0n) is 10.1. The van der Waals surface area contributed by atoms with Crippen LogP contribution < -0.4 is 10.6 Å². The third-order valence-electron chi connectivity index (χ3n) is 2.24. The molecule has 0 radical (unpaired) electrons. The quantitative estimate of drug-likeness (QED) is 0.612. The number of carboxylic acids is 2. The Morgan fingerprint density at radius 2 is 2.05 bits per heavy atom. The number of urea groups is 1. The Bertz CT molecular complexity index is 503. The van der Waals surface area contributed by atoms with E-state index in [1.54, 1.807) is 25.3 Å². The predicted octanol–water partition coefficient (Wildman–Crippen LogP) is 0.439. The lowest BCUT2D eigenvalue weighted by atomic mass is 10.2. The Morgan fingerprint density at radius 1 is 1.37 bits per heavy atom. The number of rotatable bonds is 5. The minimum Gasteiger partial charge on any atom is -0.481 e. The van der Waals surface area contributed by atoms with Crippen molar-refractivity contribution in [2.45, 2.75) is 19.4 Å². The van der Waals surface area contributed by atoms with Gasteiger partial charge in [0.05, 0.1) is 17.8 Å². The maximum Gasteiger partial charge on any atom is 0.326 e. The van der Waals surface area contributed by atoms with E-state index >= 15 is 0 Å². The first-order valence-electron chi connectivity index (χ1n) is 5.34. The van der Waals surface area contributed by atoms with Crippen LogP contribution in [0, 0.1) is 6.92 Å². The lowest BCUT2D eigenvalue weighted by Crippen LogP contribution is -2.44. The molecule has 0 aromatic carbocycles. The molecule has 0 fully saturated rings. The molecule has 102 valence electrons. The number of carboxylic acid groups (broad SMARTS) is 2. The summed E-state index contributed by atoms with van der Waals surface area (Å²) < 4.78 is 0. The molecule has 0 unspecified atom stereocenters. The van der Waals surface area contributed by atoms with Crippen molar-refractivity contribution in [3.8, 4) is 0 Å². The molecule has 0 aliphatic heterocycles. The normalized spacial score (nSPS) is 11.4. The van der Waals surface area contributed by atoms with E-state index in [4.69, 9.17) is 10.2 Å². The van der Waals surface area contributed by atoms with Gasteiger partial charge >= 0.3 is 18.0 Å². The molecule has 0 aliphatic carbocycles. The highest BCUT2D eigenvalue weighted by Gasteiger charge is 2.23. The van der Waals surface area contributed by atoms with Crippen molar-refractivity contribution >= 4 is 23.7 Å². The van der Waals surface area contributed by atoms with Crippen LogP contribution in [-0.2, 0) is 9.59 Å². The second kappa shape index (κ2) is 6.34. The summed E-state index contributed by atoms with van der Waals surface area (Å²) in [6, 6.07) is 0.905. The highest BCUT2D eigenvalue weighted by Crippen LogP contribution is 2.09. The van der Waals surface area contributed by atoms with Crippen LogP contribution in [0.15, 0.2) is 18.3 Å². The van der Waals surface area contributed by atoms with Gasteiger partial charge in [-0.15, -0.1) is 0 Å². The van der Waals surface area contributed by atoms with Crippen LogP contribution in [0.3, 0.4) is 0 Å². The minimum atomic E-state index is -1.49. The molecule has 19 heavy (non-hydrogen) atoms. The number of pyridine rings is 1. The summed E-state index contributed by atoms with van der Waals surface area (Å²) in [5.41, 5.74) is 0.974. The largest absolute Gasteiger partial charge is 0.481 e. The standard InChI is InChI=1S/C11H13N3O5/c1-6-7(3-2-4-12-6)13-11(19)14-8(10(17)18)5-9(15)16/h2-4,8H,5H2,1H3,(H,15,16)(H,17,18)(H2,13,14,19)/t8-/m0/s1. The summed E-state index contributed by atoms with van der Waals surface area (Å²) in [5.74, 6) is -2.73. The van der Waals surface area contributed by atoms with Gasteiger partial charge in [-0.05, 0) is 19.1 Å². The van der Waals surface area contributed by atoms with Crippen LogP contribution in [0.4, 0.5) is 10.5 Å². The molecule has 0 saturated heterocycles. The maximum atomic E-state index is 11.6. The number of nitrogens with zero attached hydrogens (tertiary/aromatic N) is 1. The van der Waals surface area contributed by atoms with E-state index in [-0.39, 0.29) is 0 Å². The lowest BCUT2D eigenvalue weighted by molar-refractivity contribution is -0.145.